The summed E-state index contributed by atoms with van der Waals surface area (Å²) in [6.45, 7) is 0. The van der Waals surface area contributed by atoms with Gasteiger partial charge in [-0.15, -0.1) is 0 Å². The van der Waals surface area contributed by atoms with Crippen LogP contribution in [0.3, 0.4) is 0 Å². The molecule has 2 rings (SSSR count). The van der Waals surface area contributed by atoms with Gasteiger partial charge < -0.3 is 0 Å². The van der Waals surface area contributed by atoms with Crippen LogP contribution in [0.5, 0.6) is 0 Å². The van der Waals surface area contributed by atoms with Crippen LogP contribution < -0.4 is 9.97 Å². The lowest BCUT2D eigenvalue weighted by Crippen LogP contribution is -2.25. The van der Waals surface area contributed by atoms with Crippen molar-refractivity contribution in [3.8, 4) is 0 Å². The number of hydrazone groups is 1. The summed E-state index contributed by atoms with van der Waals surface area (Å²) >= 11 is 0. The third-order valence-corrected chi connectivity index (χ3v) is 4.48. The monoisotopic (exact) mass is 306 g/mol. The molecule has 19 heavy (non-hydrogen) atoms. The minimum atomic E-state index is -4.44. The molecule has 0 aromatic heterocycles. The predicted octanol–water partition coefficient (Wildman–Crippen LogP) is -1.13. The van der Waals surface area contributed by atoms with Crippen LogP contribution in [0.1, 0.15) is 5.56 Å². The number of nitro benzene ring substituents is 1. The Bertz CT molecular complexity index is 810. The van der Waals surface area contributed by atoms with Crippen molar-refractivity contribution in [2.24, 2.45) is 10.2 Å². The summed E-state index contributed by atoms with van der Waals surface area (Å²) in [7, 11) is -8.50. The minimum absolute atomic E-state index is 0.0992. The highest BCUT2D eigenvalue weighted by Gasteiger charge is 2.30. The molecule has 1 aromatic carbocycles. The topological polar surface area (TPSA) is 162 Å². The first-order valence-corrected chi connectivity index (χ1v) is 7.56. The summed E-state index contributed by atoms with van der Waals surface area (Å²) in [5.74, 6) is 0. The highest BCUT2D eigenvalue weighted by molar-refractivity contribution is 7.90. The number of fused-ring (bicyclic) bond motifs is 1. The maximum atomic E-state index is 11.6. The standard InChI is InChI=1S/C7H6N4O6S2/c8-18(14,15)7-2-6-4(1-5(7)11(12)13)3-9-10-19(6,16)17/h1-3,10H,(H2,8,14,15). The van der Waals surface area contributed by atoms with Crippen LogP contribution in [0.15, 0.2) is 27.0 Å². The van der Waals surface area contributed by atoms with E-state index in [2.05, 4.69) is 5.10 Å². The first-order chi connectivity index (χ1) is 8.63. The zero-order valence-electron chi connectivity index (χ0n) is 8.97. The summed E-state index contributed by atoms with van der Waals surface area (Å²) in [5, 5.41) is 18.9. The van der Waals surface area contributed by atoms with E-state index in [1.807, 2.05) is 0 Å². The second-order valence-corrected chi connectivity index (χ2v) is 6.67. The fourth-order valence-electron chi connectivity index (χ4n) is 1.48. The van der Waals surface area contributed by atoms with E-state index >= 15 is 0 Å². The van der Waals surface area contributed by atoms with Crippen molar-refractivity contribution in [3.63, 3.8) is 0 Å². The number of sulfonamides is 2. The lowest BCUT2D eigenvalue weighted by atomic mass is 10.2. The molecule has 1 heterocycles. The summed E-state index contributed by atoms with van der Waals surface area (Å²) in [5.41, 5.74) is -0.914. The van der Waals surface area contributed by atoms with Gasteiger partial charge in [-0.2, -0.15) is 13.5 Å². The molecule has 102 valence electrons. The largest absolute Gasteiger partial charge is 0.290 e. The van der Waals surface area contributed by atoms with Crippen molar-refractivity contribution in [2.45, 2.75) is 9.79 Å². The van der Waals surface area contributed by atoms with Crippen molar-refractivity contribution in [1.82, 2.24) is 4.83 Å². The number of nitrogens with zero attached hydrogens (tertiary/aromatic N) is 2. The van der Waals surface area contributed by atoms with E-state index in [0.29, 0.717) is 6.07 Å². The second kappa shape index (κ2) is 3.97. The Kier molecular flexibility index (Phi) is 2.80. The molecule has 10 nitrogen and oxygen atoms in total. The van der Waals surface area contributed by atoms with Gasteiger partial charge in [0.15, 0.2) is 4.90 Å². The highest BCUT2D eigenvalue weighted by atomic mass is 32.2. The first kappa shape index (κ1) is 13.4. The molecule has 0 saturated carbocycles. The van der Waals surface area contributed by atoms with Gasteiger partial charge >= 0.3 is 0 Å². The Hall–Kier alpha value is -2.05. The van der Waals surface area contributed by atoms with Crippen LogP contribution in [0.4, 0.5) is 5.69 Å². The van der Waals surface area contributed by atoms with Gasteiger partial charge in [0.2, 0.25) is 10.0 Å². The first-order valence-electron chi connectivity index (χ1n) is 4.53. The van der Waals surface area contributed by atoms with Crippen molar-refractivity contribution < 1.29 is 21.8 Å². The lowest BCUT2D eigenvalue weighted by Gasteiger charge is -2.12. The van der Waals surface area contributed by atoms with Gasteiger partial charge in [-0.3, -0.25) is 10.1 Å². The molecular weight excluding hydrogens is 300 g/mol. The lowest BCUT2D eigenvalue weighted by molar-refractivity contribution is -0.387. The zero-order valence-corrected chi connectivity index (χ0v) is 10.6. The summed E-state index contributed by atoms with van der Waals surface area (Å²) in [6, 6.07) is 1.42. The number of hydrogen-bond donors (Lipinski definition) is 2. The molecule has 12 heteroatoms. The Morgan fingerprint density at radius 2 is 2.00 bits per heavy atom. The Morgan fingerprint density at radius 1 is 1.37 bits per heavy atom. The molecule has 0 atom stereocenters. The van der Waals surface area contributed by atoms with Gasteiger partial charge in [-0.1, -0.05) is 0 Å². The van der Waals surface area contributed by atoms with E-state index in [-0.39, 0.29) is 5.56 Å². The van der Waals surface area contributed by atoms with E-state index in [0.717, 1.165) is 12.3 Å². The Morgan fingerprint density at radius 3 is 2.53 bits per heavy atom. The number of nitrogens with one attached hydrogen (secondary N) is 1. The van der Waals surface area contributed by atoms with E-state index in [9.17, 15) is 26.9 Å². The molecule has 0 radical (unpaired) electrons. The average Bonchev–Trinajstić information content (AvgIpc) is 2.25. The SMILES string of the molecule is NS(=O)(=O)c1cc2c(cc1[N+](=O)[O-])C=NNS2(=O)=O. The molecular formula is C7H6N4O6S2. The molecule has 3 N–H and O–H groups in total. The third-order valence-electron chi connectivity index (χ3n) is 2.26. The van der Waals surface area contributed by atoms with Crippen molar-refractivity contribution in [3.05, 3.63) is 27.8 Å². The minimum Gasteiger partial charge on any atom is -0.258 e. The van der Waals surface area contributed by atoms with Crippen LogP contribution in [0.25, 0.3) is 0 Å². The molecule has 0 amide bonds. The third kappa shape index (κ3) is 2.27. The van der Waals surface area contributed by atoms with Gasteiger partial charge in [0, 0.05) is 11.6 Å². The predicted molar refractivity (Wildman–Crippen MR) is 62.4 cm³/mol. The van der Waals surface area contributed by atoms with Crippen LogP contribution in [0, 0.1) is 10.1 Å². The quantitative estimate of drug-likeness (QED) is 0.518. The van der Waals surface area contributed by atoms with E-state index in [1.54, 1.807) is 4.83 Å². The number of nitro groups is 1. The number of primary sulfonamides is 1. The van der Waals surface area contributed by atoms with Crippen LogP contribution >= 0.6 is 0 Å². The second-order valence-electron chi connectivity index (χ2n) is 3.51. The number of benzene rings is 1. The van der Waals surface area contributed by atoms with Gasteiger partial charge in [0.25, 0.3) is 15.7 Å². The van der Waals surface area contributed by atoms with Crippen molar-refractivity contribution >= 4 is 31.9 Å². The highest BCUT2D eigenvalue weighted by Crippen LogP contribution is 2.29. The normalized spacial score (nSPS) is 16.5. The summed E-state index contributed by atoms with van der Waals surface area (Å²) < 4.78 is 45.8. The van der Waals surface area contributed by atoms with Gasteiger partial charge in [-0.05, 0) is 6.07 Å². The molecule has 1 aromatic rings. The van der Waals surface area contributed by atoms with Crippen LogP contribution in [-0.2, 0) is 20.0 Å². The molecule has 0 saturated heterocycles. The molecule has 0 bridgehead atoms. The smallest absolute Gasteiger partial charge is 0.258 e. The molecule has 0 spiro atoms. The fraction of sp³-hybridized carbons (Fsp3) is 0. The molecule has 1 aliphatic rings. The molecule has 0 unspecified atom stereocenters. The van der Waals surface area contributed by atoms with E-state index in [4.69, 9.17) is 5.14 Å². The average molecular weight is 306 g/mol. The van der Waals surface area contributed by atoms with Crippen LogP contribution in [-0.4, -0.2) is 28.0 Å². The maximum absolute atomic E-state index is 11.6. The fourth-order valence-corrected chi connectivity index (χ4v) is 3.25. The van der Waals surface area contributed by atoms with E-state index in [1.165, 1.54) is 0 Å². The number of rotatable bonds is 2. The maximum Gasteiger partial charge on any atom is 0.290 e. The van der Waals surface area contributed by atoms with E-state index < -0.39 is 40.4 Å². The van der Waals surface area contributed by atoms with Gasteiger partial charge in [0.1, 0.15) is 0 Å². The summed E-state index contributed by atoms with van der Waals surface area (Å²) in [4.78, 5) is 10.3. The molecule has 1 aliphatic heterocycles. The Labute approximate surface area is 107 Å². The summed E-state index contributed by atoms with van der Waals surface area (Å²) in [6.07, 6.45) is 1.02. The van der Waals surface area contributed by atoms with Crippen molar-refractivity contribution in [1.29, 1.82) is 0 Å². The van der Waals surface area contributed by atoms with Crippen molar-refractivity contribution in [2.75, 3.05) is 0 Å². The van der Waals surface area contributed by atoms with Gasteiger partial charge in [-0.25, -0.2) is 18.4 Å². The molecule has 0 aliphatic carbocycles. The Balaban J connectivity index is 2.91. The molecule has 0 fully saturated rings. The van der Waals surface area contributed by atoms with Crippen LogP contribution in [0.2, 0.25) is 0 Å². The zero-order chi connectivity index (χ0) is 14.4. The number of hydrogen-bond acceptors (Lipinski definition) is 7. The number of nitrogens with two attached hydrogens (primary N) is 1. The van der Waals surface area contributed by atoms with Gasteiger partial charge in [0.05, 0.1) is 16.0 Å².